The molecule has 0 spiro atoms. The van der Waals surface area contributed by atoms with Crippen LogP contribution in [0.25, 0.3) is 0 Å². The number of aliphatic hydroxyl groups is 1. The van der Waals surface area contributed by atoms with E-state index in [1.165, 1.54) is 11.8 Å². The molecule has 4 unspecified atom stereocenters. The van der Waals surface area contributed by atoms with Crippen molar-refractivity contribution in [1.82, 2.24) is 16.0 Å². The number of aliphatic hydroxyl groups excluding tert-OH is 1. The Morgan fingerprint density at radius 3 is 2.04 bits per heavy atom. The van der Waals surface area contributed by atoms with Crippen molar-refractivity contribution in [3.63, 3.8) is 0 Å². The van der Waals surface area contributed by atoms with Gasteiger partial charge in [0, 0.05) is 5.75 Å². The highest BCUT2D eigenvalue weighted by Gasteiger charge is 2.30. The Morgan fingerprint density at radius 1 is 1.04 bits per heavy atom. The Balaban J connectivity index is 5.07. The Labute approximate surface area is 174 Å². The zero-order valence-corrected chi connectivity index (χ0v) is 17.9. The molecule has 3 amide bonds. The topological polar surface area (TPSA) is 171 Å². The van der Waals surface area contributed by atoms with Crippen molar-refractivity contribution in [1.29, 1.82) is 0 Å². The van der Waals surface area contributed by atoms with Crippen molar-refractivity contribution in [3.05, 3.63) is 0 Å². The second kappa shape index (κ2) is 13.6. The molecule has 0 aliphatic carbocycles. The number of carboxylic acids is 1. The normalized spacial score (nSPS) is 15.2. The predicted octanol–water partition coefficient (Wildman–Crippen LogP) is -1.82. The molecule has 0 bridgehead atoms. The molecule has 162 valence electrons. The second-order valence-electron chi connectivity index (χ2n) is 6.44. The van der Waals surface area contributed by atoms with E-state index in [0.29, 0.717) is 5.75 Å². The maximum Gasteiger partial charge on any atom is 0.326 e. The summed E-state index contributed by atoms with van der Waals surface area (Å²) >= 11 is 5.49. The number of hydrogen-bond donors (Lipinski definition) is 7. The van der Waals surface area contributed by atoms with Crippen molar-refractivity contribution < 1.29 is 29.4 Å². The van der Waals surface area contributed by atoms with E-state index in [1.54, 1.807) is 13.8 Å². The van der Waals surface area contributed by atoms with Crippen LogP contribution in [0, 0.1) is 5.92 Å². The third-order valence-electron chi connectivity index (χ3n) is 3.82. The van der Waals surface area contributed by atoms with Gasteiger partial charge in [-0.1, -0.05) is 13.8 Å². The lowest BCUT2D eigenvalue weighted by Crippen LogP contribution is -2.59. The fourth-order valence-electron chi connectivity index (χ4n) is 2.10. The summed E-state index contributed by atoms with van der Waals surface area (Å²) < 4.78 is 0. The van der Waals surface area contributed by atoms with Crippen molar-refractivity contribution >= 4 is 48.1 Å². The lowest BCUT2D eigenvalue weighted by Gasteiger charge is -2.26. The first kappa shape index (κ1) is 26.5. The maximum atomic E-state index is 12.5. The van der Waals surface area contributed by atoms with Gasteiger partial charge in [-0.2, -0.15) is 24.4 Å². The lowest BCUT2D eigenvalue weighted by atomic mass is 10.0. The fraction of sp³-hybridized carbons (Fsp3) is 0.750. The summed E-state index contributed by atoms with van der Waals surface area (Å²) in [6.45, 7) is 2.80. The highest BCUT2D eigenvalue weighted by Crippen LogP contribution is 2.05. The second-order valence-corrected chi connectivity index (χ2v) is 7.79. The number of nitrogens with two attached hydrogens (primary N) is 1. The van der Waals surface area contributed by atoms with Gasteiger partial charge in [-0.05, 0) is 24.3 Å². The molecule has 0 aliphatic heterocycles. The Bertz CT molecular complexity index is 549. The van der Waals surface area contributed by atoms with Crippen LogP contribution in [0.3, 0.4) is 0 Å². The number of amides is 3. The Kier molecular flexibility index (Phi) is 12.9. The molecule has 0 saturated carbocycles. The highest BCUT2D eigenvalue weighted by molar-refractivity contribution is 7.98. The molecule has 0 rings (SSSR count). The zero-order valence-electron chi connectivity index (χ0n) is 16.2. The summed E-state index contributed by atoms with van der Waals surface area (Å²) in [7, 11) is 0. The molecule has 0 saturated heterocycles. The van der Waals surface area contributed by atoms with Gasteiger partial charge in [0.15, 0.2) is 0 Å². The summed E-state index contributed by atoms with van der Waals surface area (Å²) in [4.78, 5) is 48.0. The minimum atomic E-state index is -1.18. The first-order valence-electron chi connectivity index (χ1n) is 8.69. The minimum absolute atomic E-state index is 0.0681. The van der Waals surface area contributed by atoms with Crippen LogP contribution in [0.5, 0.6) is 0 Å². The quantitative estimate of drug-likeness (QED) is 0.165. The largest absolute Gasteiger partial charge is 0.480 e. The van der Waals surface area contributed by atoms with Gasteiger partial charge in [-0.25, -0.2) is 4.79 Å². The van der Waals surface area contributed by atoms with E-state index in [2.05, 4.69) is 28.6 Å². The Morgan fingerprint density at radius 2 is 1.61 bits per heavy atom. The third-order valence-corrected chi connectivity index (χ3v) is 4.83. The van der Waals surface area contributed by atoms with E-state index in [-0.39, 0.29) is 18.1 Å². The van der Waals surface area contributed by atoms with Crippen molar-refractivity contribution in [2.75, 3.05) is 24.4 Å². The van der Waals surface area contributed by atoms with Crippen LogP contribution < -0.4 is 21.7 Å². The third kappa shape index (κ3) is 9.13. The van der Waals surface area contributed by atoms with E-state index in [9.17, 15) is 24.3 Å². The van der Waals surface area contributed by atoms with Crippen LogP contribution in [-0.4, -0.2) is 82.4 Å². The zero-order chi connectivity index (χ0) is 21.9. The van der Waals surface area contributed by atoms with E-state index in [1.807, 2.05) is 6.26 Å². The van der Waals surface area contributed by atoms with Crippen molar-refractivity contribution in [2.45, 2.75) is 44.4 Å². The maximum absolute atomic E-state index is 12.5. The first-order chi connectivity index (χ1) is 13.1. The van der Waals surface area contributed by atoms with E-state index in [4.69, 9.17) is 10.8 Å². The van der Waals surface area contributed by atoms with Gasteiger partial charge in [-0.3, -0.25) is 14.4 Å². The van der Waals surface area contributed by atoms with Gasteiger partial charge in [0.05, 0.1) is 6.61 Å². The predicted molar refractivity (Wildman–Crippen MR) is 110 cm³/mol. The standard InChI is InChI=1S/C16H30N4O6S2/c1-8(2)12(20-13(22)9(17)6-21)15(24)19-11(7-27)14(23)18-10(16(25)26)4-5-28-3/h8-12,21,27H,4-7,17H2,1-3H3,(H,18,23)(H,19,24)(H,20,22)(H,25,26). The van der Waals surface area contributed by atoms with E-state index in [0.717, 1.165) is 0 Å². The molecule has 0 heterocycles. The summed E-state index contributed by atoms with van der Waals surface area (Å²) in [5.74, 6) is -3.05. The van der Waals surface area contributed by atoms with E-state index >= 15 is 0 Å². The molecular formula is C16H30N4O6S2. The number of hydrogen-bond acceptors (Lipinski definition) is 8. The highest BCUT2D eigenvalue weighted by atomic mass is 32.2. The fourth-order valence-corrected chi connectivity index (χ4v) is 2.83. The number of carbonyl (C=O) groups is 4. The van der Waals surface area contributed by atoms with E-state index < -0.39 is 54.5 Å². The van der Waals surface area contributed by atoms with Gasteiger partial charge in [0.2, 0.25) is 17.7 Å². The summed E-state index contributed by atoms with van der Waals surface area (Å²) in [5, 5.41) is 25.4. The van der Waals surface area contributed by atoms with Crippen LogP contribution in [0.2, 0.25) is 0 Å². The lowest BCUT2D eigenvalue weighted by molar-refractivity contribution is -0.142. The first-order valence-corrected chi connectivity index (χ1v) is 10.7. The molecular weight excluding hydrogens is 408 g/mol. The average Bonchev–Trinajstić information content (AvgIpc) is 2.65. The van der Waals surface area contributed by atoms with Crippen LogP contribution in [-0.2, 0) is 19.2 Å². The number of carbonyl (C=O) groups excluding carboxylic acids is 3. The van der Waals surface area contributed by atoms with Crippen LogP contribution >= 0.6 is 24.4 Å². The minimum Gasteiger partial charge on any atom is -0.480 e. The molecule has 7 N–H and O–H groups in total. The molecule has 0 radical (unpaired) electrons. The van der Waals surface area contributed by atoms with Gasteiger partial charge < -0.3 is 31.9 Å². The van der Waals surface area contributed by atoms with Crippen molar-refractivity contribution in [2.24, 2.45) is 11.7 Å². The van der Waals surface area contributed by atoms with Gasteiger partial charge in [0.25, 0.3) is 0 Å². The SMILES string of the molecule is CSCCC(NC(=O)C(CS)NC(=O)C(NC(=O)C(N)CO)C(C)C)C(=O)O. The number of nitrogens with one attached hydrogen (secondary N) is 3. The molecule has 0 aromatic carbocycles. The molecule has 10 nitrogen and oxygen atoms in total. The number of rotatable bonds is 13. The smallest absolute Gasteiger partial charge is 0.326 e. The molecule has 0 aromatic heterocycles. The number of carboxylic acid groups (broad SMARTS) is 1. The molecule has 4 atom stereocenters. The number of thiol groups is 1. The average molecular weight is 439 g/mol. The Hall–Kier alpha value is -1.50. The summed E-state index contributed by atoms with van der Waals surface area (Å²) in [6, 6.07) is -4.34. The van der Waals surface area contributed by atoms with Crippen LogP contribution in [0.15, 0.2) is 0 Å². The summed E-state index contributed by atoms with van der Waals surface area (Å²) in [6.07, 6.45) is 2.06. The molecule has 28 heavy (non-hydrogen) atoms. The molecule has 0 aliphatic rings. The van der Waals surface area contributed by atoms with Gasteiger partial charge >= 0.3 is 5.97 Å². The van der Waals surface area contributed by atoms with Crippen LogP contribution in [0.1, 0.15) is 20.3 Å². The number of aliphatic carboxylic acids is 1. The number of thioether (sulfide) groups is 1. The molecule has 0 fully saturated rings. The van der Waals surface area contributed by atoms with Gasteiger partial charge in [0.1, 0.15) is 24.2 Å². The summed E-state index contributed by atoms with van der Waals surface area (Å²) in [5.41, 5.74) is 5.44. The van der Waals surface area contributed by atoms with Crippen molar-refractivity contribution in [3.8, 4) is 0 Å². The molecule has 12 heteroatoms. The van der Waals surface area contributed by atoms with Crippen LogP contribution in [0.4, 0.5) is 0 Å². The molecule has 0 aromatic rings. The monoisotopic (exact) mass is 438 g/mol. The van der Waals surface area contributed by atoms with Gasteiger partial charge in [-0.15, -0.1) is 0 Å².